The van der Waals surface area contributed by atoms with Gasteiger partial charge in [-0.3, -0.25) is 14.9 Å². The Bertz CT molecular complexity index is 799. The molecule has 0 aliphatic carbocycles. The Hall–Kier alpha value is -2.47. The zero-order valence-electron chi connectivity index (χ0n) is 10.7. The predicted octanol–water partition coefficient (Wildman–Crippen LogP) is 3.85. The zero-order chi connectivity index (χ0) is 15.0. The molecule has 1 N–H and O–H groups in total. The van der Waals surface area contributed by atoms with Gasteiger partial charge in [0.1, 0.15) is 0 Å². The molecule has 0 fully saturated rings. The lowest BCUT2D eigenvalue weighted by atomic mass is 10.0. The molecular formula is C15H9BrN2O3. The van der Waals surface area contributed by atoms with Gasteiger partial charge in [-0.25, -0.2) is 0 Å². The monoisotopic (exact) mass is 344 g/mol. The lowest BCUT2D eigenvalue weighted by molar-refractivity contribution is -0.384. The standard InChI is InChI=1S/C15H9BrN2O3/c16-10-4-5-14-12(8-10)13(15(19)17-14)7-9-2-1-3-11(6-9)18(20)21/h1-8H,(H,17,19). The van der Waals surface area contributed by atoms with Crippen LogP contribution in [-0.4, -0.2) is 10.8 Å². The first kappa shape index (κ1) is 13.5. The Balaban J connectivity index is 2.08. The van der Waals surface area contributed by atoms with E-state index >= 15 is 0 Å². The minimum absolute atomic E-state index is 0.00257. The van der Waals surface area contributed by atoms with Crippen LogP contribution in [0.5, 0.6) is 0 Å². The highest BCUT2D eigenvalue weighted by molar-refractivity contribution is 9.10. The molecule has 2 aromatic carbocycles. The second kappa shape index (κ2) is 5.14. The van der Waals surface area contributed by atoms with Gasteiger partial charge in [0.25, 0.3) is 11.6 Å². The van der Waals surface area contributed by atoms with Crippen LogP contribution in [0.3, 0.4) is 0 Å². The van der Waals surface area contributed by atoms with Crippen molar-refractivity contribution in [1.82, 2.24) is 0 Å². The summed E-state index contributed by atoms with van der Waals surface area (Å²) in [5, 5.41) is 13.6. The van der Waals surface area contributed by atoms with Gasteiger partial charge in [-0.1, -0.05) is 28.1 Å². The van der Waals surface area contributed by atoms with Crippen LogP contribution >= 0.6 is 15.9 Å². The average Bonchev–Trinajstić information content (AvgIpc) is 2.75. The van der Waals surface area contributed by atoms with Crippen LogP contribution in [0.1, 0.15) is 11.1 Å². The average molecular weight is 345 g/mol. The maximum absolute atomic E-state index is 12.0. The van der Waals surface area contributed by atoms with E-state index in [0.717, 1.165) is 15.7 Å². The summed E-state index contributed by atoms with van der Waals surface area (Å²) in [6.45, 7) is 0. The number of carbonyl (C=O) groups is 1. The van der Waals surface area contributed by atoms with Crippen molar-refractivity contribution in [2.75, 3.05) is 5.32 Å². The van der Waals surface area contributed by atoms with Crippen molar-refractivity contribution < 1.29 is 9.72 Å². The number of nitro groups is 1. The summed E-state index contributed by atoms with van der Waals surface area (Å²) in [4.78, 5) is 22.4. The summed E-state index contributed by atoms with van der Waals surface area (Å²) >= 11 is 3.37. The zero-order valence-corrected chi connectivity index (χ0v) is 12.3. The van der Waals surface area contributed by atoms with Crippen LogP contribution in [0.15, 0.2) is 46.9 Å². The molecule has 0 unspecified atom stereocenters. The van der Waals surface area contributed by atoms with Gasteiger partial charge in [-0.15, -0.1) is 0 Å². The van der Waals surface area contributed by atoms with Gasteiger partial charge >= 0.3 is 0 Å². The van der Waals surface area contributed by atoms with Crippen LogP contribution in [-0.2, 0) is 4.79 Å². The Kier molecular flexibility index (Phi) is 3.31. The van der Waals surface area contributed by atoms with Gasteiger partial charge in [0.2, 0.25) is 0 Å². The molecule has 1 aliphatic rings. The van der Waals surface area contributed by atoms with Crippen molar-refractivity contribution >= 4 is 44.9 Å². The van der Waals surface area contributed by atoms with Crippen molar-refractivity contribution in [2.24, 2.45) is 0 Å². The summed E-state index contributed by atoms with van der Waals surface area (Å²) in [6, 6.07) is 11.7. The quantitative estimate of drug-likeness (QED) is 0.510. The second-order valence-corrected chi connectivity index (χ2v) is 5.47. The first-order chi connectivity index (χ1) is 10.0. The number of fused-ring (bicyclic) bond motifs is 1. The number of hydrogen-bond donors (Lipinski definition) is 1. The number of hydrogen-bond acceptors (Lipinski definition) is 3. The molecule has 1 aliphatic heterocycles. The fourth-order valence-electron chi connectivity index (χ4n) is 2.20. The first-order valence-corrected chi connectivity index (χ1v) is 6.91. The van der Waals surface area contributed by atoms with E-state index in [0.29, 0.717) is 11.1 Å². The number of amides is 1. The Morgan fingerprint density at radius 1 is 1.19 bits per heavy atom. The van der Waals surface area contributed by atoms with Crippen LogP contribution in [0.2, 0.25) is 0 Å². The molecular weight excluding hydrogens is 336 g/mol. The number of nitrogens with zero attached hydrogens (tertiary/aromatic N) is 1. The minimum Gasteiger partial charge on any atom is -0.321 e. The molecule has 2 aromatic rings. The Morgan fingerprint density at radius 3 is 2.76 bits per heavy atom. The number of anilines is 1. The van der Waals surface area contributed by atoms with E-state index in [1.54, 1.807) is 18.2 Å². The Morgan fingerprint density at radius 2 is 2.00 bits per heavy atom. The number of benzene rings is 2. The number of non-ortho nitro benzene ring substituents is 1. The minimum atomic E-state index is -0.457. The molecule has 1 amide bonds. The first-order valence-electron chi connectivity index (χ1n) is 6.12. The lowest BCUT2D eigenvalue weighted by Gasteiger charge is -2.00. The molecule has 0 bridgehead atoms. The van der Waals surface area contributed by atoms with Crippen LogP contribution in [0.4, 0.5) is 11.4 Å². The summed E-state index contributed by atoms with van der Waals surface area (Å²) in [5.41, 5.74) is 2.62. The number of nitrogens with one attached hydrogen (secondary N) is 1. The third-order valence-electron chi connectivity index (χ3n) is 3.16. The van der Waals surface area contributed by atoms with E-state index in [9.17, 15) is 14.9 Å². The molecule has 0 saturated carbocycles. The number of rotatable bonds is 2. The summed E-state index contributed by atoms with van der Waals surface area (Å²) in [6.07, 6.45) is 1.65. The maximum atomic E-state index is 12.0. The molecule has 3 rings (SSSR count). The van der Waals surface area contributed by atoms with Crippen LogP contribution < -0.4 is 5.32 Å². The summed E-state index contributed by atoms with van der Waals surface area (Å²) < 4.78 is 0.864. The van der Waals surface area contributed by atoms with Gasteiger partial charge in [0.05, 0.1) is 4.92 Å². The third-order valence-corrected chi connectivity index (χ3v) is 3.65. The smallest absolute Gasteiger partial charge is 0.270 e. The molecule has 1 heterocycles. The second-order valence-electron chi connectivity index (χ2n) is 4.55. The molecule has 0 saturated heterocycles. The summed E-state index contributed by atoms with van der Waals surface area (Å²) in [5.74, 6) is -0.213. The molecule has 0 spiro atoms. The van der Waals surface area contributed by atoms with Gasteiger partial charge in [-0.05, 0) is 29.8 Å². The number of nitro benzene ring substituents is 1. The predicted molar refractivity (Wildman–Crippen MR) is 83.7 cm³/mol. The normalized spacial score (nSPS) is 14.9. The molecule has 0 radical (unpaired) electrons. The van der Waals surface area contributed by atoms with E-state index < -0.39 is 4.92 Å². The lowest BCUT2D eigenvalue weighted by Crippen LogP contribution is -2.03. The van der Waals surface area contributed by atoms with Gasteiger partial charge in [-0.2, -0.15) is 0 Å². The molecule has 0 atom stereocenters. The highest BCUT2D eigenvalue weighted by Gasteiger charge is 2.24. The molecule has 104 valence electrons. The van der Waals surface area contributed by atoms with E-state index in [1.807, 2.05) is 18.2 Å². The highest BCUT2D eigenvalue weighted by Crippen LogP contribution is 2.35. The topological polar surface area (TPSA) is 72.2 Å². The van der Waals surface area contributed by atoms with Crippen molar-refractivity contribution in [3.05, 3.63) is 68.2 Å². The third kappa shape index (κ3) is 2.57. The molecule has 0 aromatic heterocycles. The van der Waals surface area contributed by atoms with Crippen molar-refractivity contribution in [1.29, 1.82) is 0 Å². The van der Waals surface area contributed by atoms with E-state index in [2.05, 4.69) is 21.2 Å². The highest BCUT2D eigenvalue weighted by atomic mass is 79.9. The molecule has 6 heteroatoms. The van der Waals surface area contributed by atoms with Crippen LogP contribution in [0.25, 0.3) is 11.6 Å². The van der Waals surface area contributed by atoms with Crippen molar-refractivity contribution in [3.8, 4) is 0 Å². The molecule has 5 nitrogen and oxygen atoms in total. The van der Waals surface area contributed by atoms with Crippen LogP contribution in [0, 0.1) is 10.1 Å². The van der Waals surface area contributed by atoms with Crippen molar-refractivity contribution in [3.63, 3.8) is 0 Å². The maximum Gasteiger partial charge on any atom is 0.270 e. The SMILES string of the molecule is O=C1Nc2ccc(Br)cc2C1=Cc1cccc([N+](=O)[O-])c1. The van der Waals surface area contributed by atoms with E-state index in [-0.39, 0.29) is 11.6 Å². The Labute approximate surface area is 128 Å². The summed E-state index contributed by atoms with van der Waals surface area (Å²) in [7, 11) is 0. The fraction of sp³-hybridized carbons (Fsp3) is 0. The molecule has 21 heavy (non-hydrogen) atoms. The number of carbonyl (C=O) groups excluding carboxylic acids is 1. The largest absolute Gasteiger partial charge is 0.321 e. The van der Waals surface area contributed by atoms with Gasteiger partial charge < -0.3 is 5.32 Å². The van der Waals surface area contributed by atoms with E-state index in [1.165, 1.54) is 12.1 Å². The van der Waals surface area contributed by atoms with Crippen molar-refractivity contribution in [2.45, 2.75) is 0 Å². The van der Waals surface area contributed by atoms with E-state index in [4.69, 9.17) is 0 Å². The fourth-order valence-corrected chi connectivity index (χ4v) is 2.56. The van der Waals surface area contributed by atoms with Gasteiger partial charge in [0.15, 0.2) is 0 Å². The van der Waals surface area contributed by atoms with Gasteiger partial charge in [0, 0.05) is 33.4 Å². The number of halogens is 1.